The van der Waals surface area contributed by atoms with Crippen LogP contribution in [0.25, 0.3) is 22.3 Å². The van der Waals surface area contributed by atoms with Gasteiger partial charge in [-0.15, -0.1) is 22.7 Å². The molecule has 14 atom stereocenters. The average Bonchev–Trinajstić information content (AvgIpc) is 1.67. The summed E-state index contributed by atoms with van der Waals surface area (Å²) in [6, 6.07) is 34.4. The maximum atomic E-state index is 14.3. The summed E-state index contributed by atoms with van der Waals surface area (Å²) in [5, 5.41) is 31.3. The minimum atomic E-state index is -1.01. The number of rotatable bonds is 39. The number of piperidine rings is 2. The average molecular weight is 1700 g/mol. The molecular formula is C94H134N8O16S2. The number of aliphatic hydroxyl groups excluding tert-OH is 1. The van der Waals surface area contributed by atoms with Crippen molar-refractivity contribution >= 4 is 87.7 Å². The lowest BCUT2D eigenvalue weighted by molar-refractivity contribution is -0.156. The van der Waals surface area contributed by atoms with E-state index in [0.29, 0.717) is 29.3 Å². The van der Waals surface area contributed by atoms with Crippen molar-refractivity contribution in [3.8, 4) is 22.3 Å². The number of amides is 4. The number of hydrogen-bond acceptors (Lipinski definition) is 21. The maximum Gasteiger partial charge on any atom is 0.310 e. The fourth-order valence-corrected chi connectivity index (χ4v) is 17.4. The molecule has 2 fully saturated rings. The molecule has 4 amide bonds. The fourth-order valence-electron chi connectivity index (χ4n) is 15.8. The Morgan fingerprint density at radius 1 is 0.525 bits per heavy atom. The van der Waals surface area contributed by atoms with Crippen molar-refractivity contribution in [3.05, 3.63) is 152 Å². The number of carbonyl (C=O) groups is 11. The third-order valence-corrected chi connectivity index (χ3v) is 25.2. The summed E-state index contributed by atoms with van der Waals surface area (Å²) in [6.07, 6.45) is 7.89. The normalized spacial score (nSPS) is 17.2. The molecule has 0 spiro atoms. The van der Waals surface area contributed by atoms with Crippen molar-refractivity contribution < 1.29 is 77.2 Å². The zero-order valence-corrected chi connectivity index (χ0v) is 74.8. The molecule has 6 unspecified atom stereocenters. The first-order valence-corrected chi connectivity index (χ1v) is 43.9. The molecule has 0 radical (unpaired) electrons. The molecule has 26 heteroatoms. The van der Waals surface area contributed by atoms with Crippen molar-refractivity contribution in [1.82, 2.24) is 40.2 Å². The molecule has 0 aliphatic carbocycles. The lowest BCUT2D eigenvalue weighted by Gasteiger charge is -2.37. The largest absolute Gasteiger partial charge is 0.481 e. The van der Waals surface area contributed by atoms with E-state index in [0.717, 1.165) is 97.8 Å². The number of ketones is 2. The zero-order chi connectivity index (χ0) is 87.9. The van der Waals surface area contributed by atoms with Gasteiger partial charge in [0.05, 0.1) is 31.0 Å². The molecule has 0 bridgehead atoms. The standard InChI is InChI=1S/C45H62N4O7S.C44H62N4O6S.C4H6O3.CH4/c1-9-29(4)36(25-40(51)38-17-13-14-22-48(38)7)44(53)49(8)39(28(2)3)26-41(56-31(6)50)43-47-37(27-57-43)42(52)46-35(23-30(5)45(54)55)24-32-18-20-34(21-19-32)33-15-11-10-12-16-33;1-9-29(4)35(25-39(49)37-17-13-14-22-47(37)6)43(52)48(7)38(28(2)3)26-40(50)42-46-36(27-55-42)41(51)45-34(23-30(5)44(53)54-8)24-31-18-20-33(21-19-31)32-15-11-10-12-16-32;1-3(5)7-4(2)6;/h10-12,15-16,18-21,27-30,35-36,38-39,41H,9,13-14,17,22-26H2,1-8H3,(H,46,52)(H,54,55);10-12,15-16,18-21,27-30,34-35,37-38,40,50H,9,13-14,17,22-26H2,1-8H3,(H,45,51);1-2H3;1H4/t29?,30-,35+,36-,38?,39?,41+;29?,30-,34+,35-,37?,38?,40+;;/m00../s1. The number of hydrogen-bond donors (Lipinski definition) is 4. The lowest BCUT2D eigenvalue weighted by atomic mass is 9.83. The van der Waals surface area contributed by atoms with Crippen LogP contribution in [0.1, 0.15) is 242 Å². The summed E-state index contributed by atoms with van der Waals surface area (Å²) in [6.45, 7) is 25.1. The molecule has 4 aromatic carbocycles. The summed E-state index contributed by atoms with van der Waals surface area (Å²) < 4.78 is 14.8. The highest BCUT2D eigenvalue weighted by Gasteiger charge is 2.40. The number of carboxylic acid groups (broad SMARTS) is 1. The number of aliphatic carboxylic acids is 1. The number of nitrogens with zero attached hydrogens (tertiary/aromatic N) is 6. The summed E-state index contributed by atoms with van der Waals surface area (Å²) in [5.41, 5.74) is 6.62. The summed E-state index contributed by atoms with van der Waals surface area (Å²) >= 11 is 2.40. The molecule has 4 N–H and O–H groups in total. The number of carboxylic acids is 1. The molecule has 4 heterocycles. The van der Waals surface area contributed by atoms with Gasteiger partial charge in [0.25, 0.3) is 11.8 Å². The Balaban J connectivity index is 0.000000392. The smallest absolute Gasteiger partial charge is 0.310 e. The number of likely N-dealkylation sites (tertiary alicyclic amines) is 2. The second-order valence-corrected chi connectivity index (χ2v) is 34.9. The van der Waals surface area contributed by atoms with E-state index in [2.05, 4.69) is 59.4 Å². The van der Waals surface area contributed by atoms with Gasteiger partial charge in [0.15, 0.2) is 17.7 Å². The lowest BCUT2D eigenvalue weighted by Crippen LogP contribution is -2.48. The third kappa shape index (κ3) is 31.4. The number of likely N-dealkylation sites (N-methyl/N-ethyl adjacent to an activating group) is 2. The Bertz CT molecular complexity index is 4240. The Labute approximate surface area is 720 Å². The number of ether oxygens (including phenoxy) is 3. The number of nitrogens with one attached hydrogen (secondary N) is 2. The van der Waals surface area contributed by atoms with Gasteiger partial charge in [-0.25, -0.2) is 9.97 Å². The monoisotopic (exact) mass is 1690 g/mol. The van der Waals surface area contributed by atoms with Crippen molar-refractivity contribution in [1.29, 1.82) is 0 Å². The number of aliphatic hydroxyl groups is 1. The van der Waals surface area contributed by atoms with Gasteiger partial charge in [-0.2, -0.15) is 0 Å². The maximum absolute atomic E-state index is 14.3. The number of Topliss-reactive ketones (excluding diaryl/α,β-unsaturated/α-hetero) is 2. The molecular weight excluding hydrogens is 1560 g/mol. The number of thiazole rings is 2. The Morgan fingerprint density at radius 2 is 0.908 bits per heavy atom. The van der Waals surface area contributed by atoms with Crippen molar-refractivity contribution in [2.24, 2.45) is 47.3 Å². The van der Waals surface area contributed by atoms with Crippen LogP contribution in [0.4, 0.5) is 0 Å². The van der Waals surface area contributed by atoms with E-state index in [1.54, 1.807) is 48.5 Å². The van der Waals surface area contributed by atoms with Gasteiger partial charge < -0.3 is 44.9 Å². The first-order valence-electron chi connectivity index (χ1n) is 42.1. The molecule has 120 heavy (non-hydrogen) atoms. The Kier molecular flexibility index (Phi) is 42.4. The predicted molar refractivity (Wildman–Crippen MR) is 471 cm³/mol. The van der Waals surface area contributed by atoms with E-state index < -0.39 is 77.6 Å². The molecule has 0 saturated carbocycles. The van der Waals surface area contributed by atoms with Gasteiger partial charge in [0.2, 0.25) is 11.8 Å². The predicted octanol–water partition coefficient (Wildman–Crippen LogP) is 15.9. The first kappa shape index (κ1) is 101. The number of carbonyl (C=O) groups excluding carboxylic acids is 10. The zero-order valence-electron chi connectivity index (χ0n) is 73.1. The summed E-state index contributed by atoms with van der Waals surface area (Å²) in [5.74, 6) is -5.78. The number of esters is 4. The van der Waals surface area contributed by atoms with Gasteiger partial charge >= 0.3 is 29.8 Å². The van der Waals surface area contributed by atoms with Crippen molar-refractivity contribution in [3.63, 3.8) is 0 Å². The number of benzene rings is 4. The quantitative estimate of drug-likeness (QED) is 0.0158. The third-order valence-electron chi connectivity index (χ3n) is 23.3. The van der Waals surface area contributed by atoms with Crippen molar-refractivity contribution in [2.45, 2.75) is 249 Å². The topological polar surface area (TPSA) is 319 Å². The summed E-state index contributed by atoms with van der Waals surface area (Å²) in [7, 11) is 8.87. The van der Waals surface area contributed by atoms with Gasteiger partial charge in [0, 0.05) is 107 Å². The van der Waals surface area contributed by atoms with Gasteiger partial charge in [-0.05, 0) is 136 Å². The minimum Gasteiger partial charge on any atom is -0.481 e. The number of methoxy groups -OCH3 is 1. The van der Waals surface area contributed by atoms with Gasteiger partial charge in [0.1, 0.15) is 27.5 Å². The second-order valence-electron chi connectivity index (χ2n) is 33.2. The fraction of sp³-hybridized carbons (Fsp3) is 0.564. The van der Waals surface area contributed by atoms with E-state index >= 15 is 0 Å². The molecule has 8 rings (SSSR count). The van der Waals surface area contributed by atoms with Crippen LogP contribution in [0.3, 0.4) is 0 Å². The molecule has 2 saturated heterocycles. The van der Waals surface area contributed by atoms with Crippen LogP contribution in [0.5, 0.6) is 0 Å². The molecule has 6 aromatic rings. The van der Waals surface area contributed by atoms with Crippen molar-refractivity contribution in [2.75, 3.05) is 48.4 Å². The Morgan fingerprint density at radius 3 is 1.27 bits per heavy atom. The van der Waals surface area contributed by atoms with E-state index in [1.165, 1.54) is 50.6 Å². The molecule has 2 aliphatic heterocycles. The van der Waals surface area contributed by atoms with Crippen LogP contribution in [0.2, 0.25) is 0 Å². The van der Waals surface area contributed by atoms with Crippen LogP contribution in [-0.2, 0) is 70.2 Å². The molecule has 2 aliphatic rings. The van der Waals surface area contributed by atoms with E-state index in [1.807, 2.05) is 154 Å². The van der Waals surface area contributed by atoms with E-state index in [4.69, 9.17) is 9.47 Å². The first-order chi connectivity index (χ1) is 56.4. The van der Waals surface area contributed by atoms with Crippen LogP contribution < -0.4 is 10.6 Å². The van der Waals surface area contributed by atoms with Gasteiger partial charge in [-0.1, -0.05) is 212 Å². The highest BCUT2D eigenvalue weighted by Crippen LogP contribution is 2.36. The highest BCUT2D eigenvalue weighted by atomic mass is 32.1. The van der Waals surface area contributed by atoms with Crippen LogP contribution in [0, 0.1) is 47.3 Å². The second kappa shape index (κ2) is 50.3. The highest BCUT2D eigenvalue weighted by molar-refractivity contribution is 7.10. The minimum absolute atomic E-state index is 0. The SMILES string of the molecule is C.CC(=O)OC(C)=O.CCC(C)[C@H](CC(=O)C1CCCCN1C)C(=O)N(C)C(C[C@@H](O)c1nc(C(=O)N[C@@H](Cc2ccc(-c3ccccc3)cc2)C[C@H](C)C(=O)OC)cs1)C(C)C.CCC(C)[C@H](CC(=O)C1CCCCN1C)C(=O)N(C)C(C[C@@H](OC(C)=O)c1nc(C(=O)N[C@@H](Cc2ccc(-c3ccccc3)cc2)C[C@H](C)C(=O)O)cs1)C(C)C. The molecule has 658 valence electrons. The van der Waals surface area contributed by atoms with Gasteiger partial charge in [-0.3, -0.25) is 62.5 Å². The number of aromatic nitrogens is 2. The van der Waals surface area contributed by atoms with E-state index in [9.17, 15) is 63.0 Å². The van der Waals surface area contributed by atoms with Crippen LogP contribution in [-0.4, -0.2) is 189 Å². The molecule has 24 nitrogen and oxygen atoms in total. The van der Waals surface area contributed by atoms with Crippen LogP contribution in [0.15, 0.2) is 120 Å². The Hall–Kier alpha value is -9.21. The van der Waals surface area contributed by atoms with E-state index in [-0.39, 0.29) is 134 Å². The summed E-state index contributed by atoms with van der Waals surface area (Å²) in [4.78, 5) is 156. The van der Waals surface area contributed by atoms with Crippen LogP contribution >= 0.6 is 22.7 Å². The molecule has 2 aromatic heterocycles.